The molecular weight excluding hydrogens is 232 g/mol. The predicted molar refractivity (Wildman–Crippen MR) is 69.7 cm³/mol. The fourth-order valence-corrected chi connectivity index (χ4v) is 2.38. The summed E-state index contributed by atoms with van der Waals surface area (Å²) >= 11 is 5.36. The normalized spacial score (nSPS) is 11.1. The van der Waals surface area contributed by atoms with Crippen molar-refractivity contribution in [3.63, 3.8) is 0 Å². The Kier molecular flexibility index (Phi) is 2.37. The van der Waals surface area contributed by atoms with Crippen molar-refractivity contribution in [1.29, 1.82) is 0 Å². The molecule has 0 saturated heterocycles. The summed E-state index contributed by atoms with van der Waals surface area (Å²) in [5.74, 6) is 0. The van der Waals surface area contributed by atoms with E-state index in [4.69, 9.17) is 16.6 Å². The number of aryl methyl sites for hydroxylation is 1. The first-order chi connectivity index (χ1) is 8.25. The third-order valence-corrected chi connectivity index (χ3v) is 3.24. The Balaban J connectivity index is 2.21. The summed E-state index contributed by atoms with van der Waals surface area (Å²) < 4.78 is 7.94. The van der Waals surface area contributed by atoms with Crippen molar-refractivity contribution >= 4 is 23.3 Å². The number of H-pyrrole nitrogens is 1. The lowest BCUT2D eigenvalue weighted by atomic mass is 10.2. The van der Waals surface area contributed by atoms with Gasteiger partial charge in [0.05, 0.1) is 30.1 Å². The quantitative estimate of drug-likeness (QED) is 0.698. The predicted octanol–water partition coefficient (Wildman–Crippen LogP) is 3.65. The molecule has 3 nitrogen and oxygen atoms in total. The van der Waals surface area contributed by atoms with Gasteiger partial charge in [-0.25, -0.2) is 0 Å². The van der Waals surface area contributed by atoms with Gasteiger partial charge < -0.3 is 14.0 Å². The first kappa shape index (κ1) is 10.4. The largest absolute Gasteiger partial charge is 0.472 e. The Labute approximate surface area is 104 Å². The van der Waals surface area contributed by atoms with Crippen LogP contribution in [0, 0.1) is 11.7 Å². The second kappa shape index (κ2) is 3.89. The lowest BCUT2D eigenvalue weighted by Crippen LogP contribution is -1.99. The average Bonchev–Trinajstić information content (AvgIpc) is 2.89. The number of aromatic amines is 1. The highest BCUT2D eigenvalue weighted by Gasteiger charge is 2.07. The van der Waals surface area contributed by atoms with E-state index >= 15 is 0 Å². The molecule has 0 unspecified atom stereocenters. The molecule has 0 bridgehead atoms. The van der Waals surface area contributed by atoms with Gasteiger partial charge in [-0.3, -0.25) is 0 Å². The van der Waals surface area contributed by atoms with E-state index in [1.165, 1.54) is 11.1 Å². The van der Waals surface area contributed by atoms with Crippen LogP contribution in [0.2, 0.25) is 0 Å². The van der Waals surface area contributed by atoms with Gasteiger partial charge in [0.2, 0.25) is 0 Å². The minimum atomic E-state index is 0.736. The number of aromatic nitrogens is 2. The zero-order valence-electron chi connectivity index (χ0n) is 9.43. The van der Waals surface area contributed by atoms with E-state index in [-0.39, 0.29) is 0 Å². The van der Waals surface area contributed by atoms with E-state index in [2.05, 4.69) is 22.5 Å². The van der Waals surface area contributed by atoms with Crippen LogP contribution < -0.4 is 0 Å². The Morgan fingerprint density at radius 3 is 3.00 bits per heavy atom. The Morgan fingerprint density at radius 2 is 2.24 bits per heavy atom. The lowest BCUT2D eigenvalue weighted by Gasteiger charge is -2.04. The maximum absolute atomic E-state index is 5.36. The summed E-state index contributed by atoms with van der Waals surface area (Å²) in [6.07, 6.45) is 3.43. The maximum Gasteiger partial charge on any atom is 0.178 e. The van der Waals surface area contributed by atoms with Crippen molar-refractivity contribution in [3.05, 3.63) is 52.7 Å². The maximum atomic E-state index is 5.36. The number of nitrogens with one attached hydrogen (secondary N) is 1. The summed E-state index contributed by atoms with van der Waals surface area (Å²) in [6.45, 7) is 2.83. The van der Waals surface area contributed by atoms with Crippen molar-refractivity contribution in [3.8, 4) is 0 Å². The highest BCUT2D eigenvalue weighted by molar-refractivity contribution is 7.71. The van der Waals surface area contributed by atoms with Gasteiger partial charge in [-0.05, 0) is 36.8 Å². The van der Waals surface area contributed by atoms with Crippen LogP contribution >= 0.6 is 12.2 Å². The number of hydrogen-bond donors (Lipinski definition) is 1. The van der Waals surface area contributed by atoms with E-state index in [9.17, 15) is 0 Å². The van der Waals surface area contributed by atoms with Crippen LogP contribution in [-0.2, 0) is 6.54 Å². The molecule has 4 heteroatoms. The number of para-hydroxylation sites is 1. The van der Waals surface area contributed by atoms with E-state index in [1.54, 1.807) is 12.5 Å². The molecule has 0 amide bonds. The minimum absolute atomic E-state index is 0.736. The molecule has 0 radical (unpaired) electrons. The van der Waals surface area contributed by atoms with Gasteiger partial charge in [0, 0.05) is 5.56 Å². The average molecular weight is 244 g/mol. The monoisotopic (exact) mass is 244 g/mol. The molecule has 0 atom stereocenters. The molecule has 1 aromatic carbocycles. The highest BCUT2D eigenvalue weighted by atomic mass is 32.1. The molecule has 0 aliphatic heterocycles. The van der Waals surface area contributed by atoms with Crippen LogP contribution in [0.5, 0.6) is 0 Å². The van der Waals surface area contributed by atoms with Crippen molar-refractivity contribution < 1.29 is 4.42 Å². The van der Waals surface area contributed by atoms with Crippen LogP contribution in [0.3, 0.4) is 0 Å². The van der Waals surface area contributed by atoms with Crippen molar-refractivity contribution in [2.24, 2.45) is 0 Å². The molecule has 86 valence electrons. The SMILES string of the molecule is Cc1cccc2[nH]c(=S)n(Cc3ccoc3)c12. The van der Waals surface area contributed by atoms with Gasteiger partial charge in [-0.15, -0.1) is 0 Å². The van der Waals surface area contributed by atoms with Crippen LogP contribution in [-0.4, -0.2) is 9.55 Å². The molecule has 0 saturated carbocycles. The molecule has 0 aliphatic rings. The molecule has 1 N–H and O–H groups in total. The van der Waals surface area contributed by atoms with Gasteiger partial charge in [0.15, 0.2) is 4.77 Å². The molecule has 17 heavy (non-hydrogen) atoms. The summed E-state index contributed by atoms with van der Waals surface area (Å²) in [5, 5.41) is 0. The smallest absolute Gasteiger partial charge is 0.178 e. The van der Waals surface area contributed by atoms with Crippen molar-refractivity contribution in [2.75, 3.05) is 0 Å². The van der Waals surface area contributed by atoms with Crippen molar-refractivity contribution in [2.45, 2.75) is 13.5 Å². The zero-order chi connectivity index (χ0) is 11.8. The summed E-state index contributed by atoms with van der Waals surface area (Å²) in [5.41, 5.74) is 4.58. The number of nitrogens with zero attached hydrogens (tertiary/aromatic N) is 1. The number of benzene rings is 1. The Bertz CT molecular complexity index is 707. The summed E-state index contributed by atoms with van der Waals surface area (Å²) in [7, 11) is 0. The first-order valence-electron chi connectivity index (χ1n) is 5.45. The van der Waals surface area contributed by atoms with E-state index in [1.807, 2.05) is 18.2 Å². The number of furan rings is 1. The lowest BCUT2D eigenvalue weighted by molar-refractivity contribution is 0.562. The third-order valence-electron chi connectivity index (χ3n) is 2.92. The van der Waals surface area contributed by atoms with E-state index in [0.29, 0.717) is 0 Å². The molecule has 0 spiro atoms. The summed E-state index contributed by atoms with van der Waals surface area (Å²) in [6, 6.07) is 8.13. The first-order valence-corrected chi connectivity index (χ1v) is 5.86. The third kappa shape index (κ3) is 1.70. The van der Waals surface area contributed by atoms with Crippen LogP contribution in [0.1, 0.15) is 11.1 Å². The topological polar surface area (TPSA) is 33.9 Å². The molecule has 0 aliphatic carbocycles. The highest BCUT2D eigenvalue weighted by Crippen LogP contribution is 2.19. The molecule has 2 heterocycles. The van der Waals surface area contributed by atoms with Gasteiger partial charge >= 0.3 is 0 Å². The Morgan fingerprint density at radius 1 is 1.35 bits per heavy atom. The van der Waals surface area contributed by atoms with Gasteiger partial charge in [-0.2, -0.15) is 0 Å². The summed E-state index contributed by atoms with van der Waals surface area (Å²) in [4.78, 5) is 3.23. The molecule has 0 fully saturated rings. The number of fused-ring (bicyclic) bond motifs is 1. The number of imidazole rings is 1. The van der Waals surface area contributed by atoms with E-state index in [0.717, 1.165) is 22.4 Å². The van der Waals surface area contributed by atoms with Crippen LogP contribution in [0.25, 0.3) is 11.0 Å². The minimum Gasteiger partial charge on any atom is -0.472 e. The number of hydrogen-bond acceptors (Lipinski definition) is 2. The van der Waals surface area contributed by atoms with E-state index < -0.39 is 0 Å². The molecular formula is C13H12N2OS. The zero-order valence-corrected chi connectivity index (χ0v) is 10.3. The van der Waals surface area contributed by atoms with Crippen molar-refractivity contribution in [1.82, 2.24) is 9.55 Å². The second-order valence-electron chi connectivity index (χ2n) is 4.12. The Hall–Kier alpha value is -1.81. The van der Waals surface area contributed by atoms with Gasteiger partial charge in [0.25, 0.3) is 0 Å². The molecule has 3 rings (SSSR count). The van der Waals surface area contributed by atoms with Gasteiger partial charge in [0.1, 0.15) is 0 Å². The van der Waals surface area contributed by atoms with Crippen LogP contribution in [0.4, 0.5) is 0 Å². The van der Waals surface area contributed by atoms with Crippen LogP contribution in [0.15, 0.2) is 41.2 Å². The fraction of sp³-hybridized carbons (Fsp3) is 0.154. The van der Waals surface area contributed by atoms with Gasteiger partial charge in [-0.1, -0.05) is 12.1 Å². The number of rotatable bonds is 2. The molecule has 3 aromatic rings. The second-order valence-corrected chi connectivity index (χ2v) is 4.51. The molecule has 2 aromatic heterocycles. The standard InChI is InChI=1S/C13H12N2OS/c1-9-3-2-4-11-12(9)15(13(17)14-11)7-10-5-6-16-8-10/h2-6,8H,7H2,1H3,(H,14,17). The fourth-order valence-electron chi connectivity index (χ4n) is 2.12.